The lowest BCUT2D eigenvalue weighted by Crippen LogP contribution is -2.42. The molecule has 0 saturated heterocycles. The molecule has 2 nitrogen and oxygen atoms in total. The van der Waals surface area contributed by atoms with Crippen molar-refractivity contribution in [1.82, 2.24) is 4.90 Å². The zero-order valence-corrected chi connectivity index (χ0v) is 12.6. The number of hydrogen-bond donors (Lipinski definition) is 0. The minimum atomic E-state index is 0.199. The van der Waals surface area contributed by atoms with Crippen LogP contribution in [0.5, 0.6) is 0 Å². The number of halogens is 1. The molecule has 0 saturated carbocycles. The first-order valence-corrected chi connectivity index (χ1v) is 7.68. The van der Waals surface area contributed by atoms with E-state index in [-0.39, 0.29) is 5.91 Å². The van der Waals surface area contributed by atoms with Crippen LogP contribution in [0.4, 0.5) is 0 Å². The van der Waals surface area contributed by atoms with Gasteiger partial charge < -0.3 is 4.90 Å². The highest BCUT2D eigenvalue weighted by Gasteiger charge is 2.28. The summed E-state index contributed by atoms with van der Waals surface area (Å²) in [5.74, 6) is 0.702. The van der Waals surface area contributed by atoms with Crippen LogP contribution in [-0.2, 0) is 17.8 Å². The van der Waals surface area contributed by atoms with E-state index in [9.17, 15) is 4.79 Å². The van der Waals surface area contributed by atoms with Crippen LogP contribution in [-0.4, -0.2) is 22.2 Å². The standard InChI is InChI=1S/C15H20BrNO/c1-11(2)14-8-7-12-5-3-4-6-13(12)10-17(14)15(18)9-16/h3-6,11,14H,7-10H2,1-2H3. The van der Waals surface area contributed by atoms with Crippen LogP contribution >= 0.6 is 15.9 Å². The predicted molar refractivity (Wildman–Crippen MR) is 77.7 cm³/mol. The number of amides is 1. The maximum absolute atomic E-state index is 12.1. The van der Waals surface area contributed by atoms with Crippen molar-refractivity contribution in [2.45, 2.75) is 39.3 Å². The zero-order chi connectivity index (χ0) is 13.1. The van der Waals surface area contributed by atoms with Crippen LogP contribution < -0.4 is 0 Å². The van der Waals surface area contributed by atoms with Crippen molar-refractivity contribution in [3.05, 3.63) is 35.4 Å². The molecule has 1 amide bonds. The summed E-state index contributed by atoms with van der Waals surface area (Å²) in [6.45, 7) is 5.16. The van der Waals surface area contributed by atoms with Crippen molar-refractivity contribution in [3.63, 3.8) is 0 Å². The minimum Gasteiger partial charge on any atom is -0.334 e. The maximum atomic E-state index is 12.1. The van der Waals surface area contributed by atoms with E-state index in [0.29, 0.717) is 17.3 Å². The van der Waals surface area contributed by atoms with Gasteiger partial charge in [-0.3, -0.25) is 4.79 Å². The second-order valence-corrected chi connectivity index (χ2v) is 5.83. The Morgan fingerprint density at radius 1 is 1.39 bits per heavy atom. The zero-order valence-electron chi connectivity index (χ0n) is 11.0. The number of alkyl halides is 1. The molecule has 0 radical (unpaired) electrons. The van der Waals surface area contributed by atoms with Crippen molar-refractivity contribution < 1.29 is 4.79 Å². The lowest BCUT2D eigenvalue weighted by atomic mass is 9.96. The molecule has 2 rings (SSSR count). The Hall–Kier alpha value is -0.830. The molecule has 18 heavy (non-hydrogen) atoms. The van der Waals surface area contributed by atoms with Crippen molar-refractivity contribution in [2.24, 2.45) is 5.92 Å². The van der Waals surface area contributed by atoms with E-state index in [4.69, 9.17) is 0 Å². The normalized spacial score (nSPS) is 19.6. The van der Waals surface area contributed by atoms with Gasteiger partial charge in [0.25, 0.3) is 0 Å². The molecule has 3 heteroatoms. The monoisotopic (exact) mass is 309 g/mol. The highest BCUT2D eigenvalue weighted by molar-refractivity contribution is 9.09. The fraction of sp³-hybridized carbons (Fsp3) is 0.533. The van der Waals surface area contributed by atoms with Gasteiger partial charge in [-0.25, -0.2) is 0 Å². The summed E-state index contributed by atoms with van der Waals surface area (Å²) >= 11 is 3.30. The lowest BCUT2D eigenvalue weighted by Gasteiger charge is -2.32. The highest BCUT2D eigenvalue weighted by Crippen LogP contribution is 2.26. The summed E-state index contributed by atoms with van der Waals surface area (Å²) in [6, 6.07) is 8.83. The number of nitrogens with zero attached hydrogens (tertiary/aromatic N) is 1. The van der Waals surface area contributed by atoms with Crippen molar-refractivity contribution >= 4 is 21.8 Å². The molecule has 98 valence electrons. The molecule has 1 aliphatic rings. The maximum Gasteiger partial charge on any atom is 0.233 e. The molecule has 0 aliphatic carbocycles. The van der Waals surface area contributed by atoms with Gasteiger partial charge in [0.05, 0.1) is 5.33 Å². The summed E-state index contributed by atoms with van der Waals surface area (Å²) in [6.07, 6.45) is 2.14. The first-order chi connectivity index (χ1) is 8.63. The Morgan fingerprint density at radius 3 is 2.67 bits per heavy atom. The fourth-order valence-electron chi connectivity index (χ4n) is 2.76. The first kappa shape index (κ1) is 13.6. The summed E-state index contributed by atoms with van der Waals surface area (Å²) in [5.41, 5.74) is 2.70. The number of fused-ring (bicyclic) bond motifs is 1. The van der Waals surface area contributed by atoms with Crippen molar-refractivity contribution in [3.8, 4) is 0 Å². The topological polar surface area (TPSA) is 20.3 Å². The molecule has 1 unspecified atom stereocenters. The molecule has 0 fully saturated rings. The van der Waals surface area contributed by atoms with E-state index in [1.54, 1.807) is 0 Å². The third-order valence-corrected chi connectivity index (χ3v) is 4.25. The smallest absolute Gasteiger partial charge is 0.233 e. The van der Waals surface area contributed by atoms with Gasteiger partial charge in [0.15, 0.2) is 0 Å². The quantitative estimate of drug-likeness (QED) is 0.767. The van der Waals surface area contributed by atoms with E-state index in [0.717, 1.165) is 19.4 Å². The second kappa shape index (κ2) is 5.87. The van der Waals surface area contributed by atoms with E-state index in [2.05, 4.69) is 54.0 Å². The molecule has 0 N–H and O–H groups in total. The number of carbonyl (C=O) groups is 1. The third kappa shape index (κ3) is 2.77. The van der Waals surface area contributed by atoms with Crippen LogP contribution in [0.15, 0.2) is 24.3 Å². The number of aryl methyl sites for hydroxylation is 1. The summed E-state index contributed by atoms with van der Waals surface area (Å²) in [5, 5.41) is 0.415. The van der Waals surface area contributed by atoms with Gasteiger partial charge in [0.1, 0.15) is 0 Å². The van der Waals surface area contributed by atoms with Crippen LogP contribution in [0.25, 0.3) is 0 Å². The Kier molecular flexibility index (Phi) is 4.44. The fourth-order valence-corrected chi connectivity index (χ4v) is 3.08. The van der Waals surface area contributed by atoms with Crippen molar-refractivity contribution in [2.75, 3.05) is 5.33 Å². The third-order valence-electron chi connectivity index (χ3n) is 3.77. The summed E-state index contributed by atoms with van der Waals surface area (Å²) in [4.78, 5) is 14.2. The highest BCUT2D eigenvalue weighted by atomic mass is 79.9. The van der Waals surface area contributed by atoms with Gasteiger partial charge in [0, 0.05) is 12.6 Å². The molecule has 1 aromatic rings. The van der Waals surface area contributed by atoms with Gasteiger partial charge in [0.2, 0.25) is 5.91 Å². The summed E-state index contributed by atoms with van der Waals surface area (Å²) in [7, 11) is 0. The van der Waals surface area contributed by atoms with Crippen LogP contribution in [0.1, 0.15) is 31.4 Å². The average molecular weight is 310 g/mol. The van der Waals surface area contributed by atoms with Gasteiger partial charge in [-0.2, -0.15) is 0 Å². The molecular weight excluding hydrogens is 290 g/mol. The van der Waals surface area contributed by atoms with Crippen LogP contribution in [0, 0.1) is 5.92 Å². The molecule has 0 spiro atoms. The van der Waals surface area contributed by atoms with Crippen LogP contribution in [0.3, 0.4) is 0 Å². The van der Waals surface area contributed by atoms with E-state index in [1.165, 1.54) is 11.1 Å². The van der Waals surface area contributed by atoms with Crippen LogP contribution in [0.2, 0.25) is 0 Å². The molecule has 0 aromatic heterocycles. The number of hydrogen-bond acceptors (Lipinski definition) is 1. The van der Waals surface area contributed by atoms with Crippen molar-refractivity contribution in [1.29, 1.82) is 0 Å². The molecule has 1 aromatic carbocycles. The Balaban J connectivity index is 2.31. The first-order valence-electron chi connectivity index (χ1n) is 6.55. The lowest BCUT2D eigenvalue weighted by molar-refractivity contribution is -0.132. The Labute approximate surface area is 117 Å². The SMILES string of the molecule is CC(C)C1CCc2ccccc2CN1C(=O)CBr. The average Bonchev–Trinajstić information content (AvgIpc) is 2.57. The minimum absolute atomic E-state index is 0.199. The Bertz CT molecular complexity index is 430. The van der Waals surface area contributed by atoms with Gasteiger partial charge in [-0.05, 0) is 29.9 Å². The van der Waals surface area contributed by atoms with E-state index >= 15 is 0 Å². The molecule has 1 heterocycles. The van der Waals surface area contributed by atoms with Gasteiger partial charge in [-0.15, -0.1) is 0 Å². The van der Waals surface area contributed by atoms with E-state index < -0.39 is 0 Å². The molecule has 1 atom stereocenters. The van der Waals surface area contributed by atoms with Gasteiger partial charge >= 0.3 is 0 Å². The number of benzene rings is 1. The number of carbonyl (C=O) groups excluding carboxylic acids is 1. The number of rotatable bonds is 2. The molecule has 1 aliphatic heterocycles. The second-order valence-electron chi connectivity index (χ2n) is 5.27. The predicted octanol–water partition coefficient (Wildman–Crippen LogP) is 3.38. The molecular formula is C15H20BrNO. The Morgan fingerprint density at radius 2 is 2.06 bits per heavy atom. The molecule has 0 bridgehead atoms. The van der Waals surface area contributed by atoms with E-state index in [1.807, 2.05) is 4.90 Å². The summed E-state index contributed by atoms with van der Waals surface area (Å²) < 4.78 is 0. The van der Waals surface area contributed by atoms with Gasteiger partial charge in [-0.1, -0.05) is 54.0 Å². The largest absolute Gasteiger partial charge is 0.334 e.